The third kappa shape index (κ3) is 4.61. The van der Waals surface area contributed by atoms with E-state index in [4.69, 9.17) is 11.6 Å². The minimum Gasteiger partial charge on any atom is -0.366 e. The van der Waals surface area contributed by atoms with E-state index in [-0.39, 0.29) is 5.82 Å². The molecule has 0 amide bonds. The van der Waals surface area contributed by atoms with Crippen LogP contribution in [-0.4, -0.2) is 33.7 Å². The number of hydrogen-bond donors (Lipinski definition) is 2. The predicted octanol–water partition coefficient (Wildman–Crippen LogP) is 5.49. The summed E-state index contributed by atoms with van der Waals surface area (Å²) in [6, 6.07) is 15.1. The summed E-state index contributed by atoms with van der Waals surface area (Å²) in [4.78, 5) is 9.00. The van der Waals surface area contributed by atoms with E-state index in [0.717, 1.165) is 53.1 Å². The lowest BCUT2D eigenvalue weighted by molar-refractivity contribution is 0.624. The maximum Gasteiger partial charge on any atom is 0.126 e. The molecule has 5 nitrogen and oxygen atoms in total. The Morgan fingerprint density at radius 1 is 1.12 bits per heavy atom. The zero-order valence-electron chi connectivity index (χ0n) is 17.7. The second kappa shape index (κ2) is 9.27. The monoisotopic (exact) mass is 449 g/mol. The topological polar surface area (TPSA) is 54.8 Å². The number of hydrogen-bond acceptors (Lipinski definition) is 4. The van der Waals surface area contributed by atoms with Crippen LogP contribution in [0, 0.1) is 5.82 Å². The fourth-order valence-electron chi connectivity index (χ4n) is 4.27. The molecular formula is C25H25ClFN5. The molecule has 3 heterocycles. The number of nitrogens with one attached hydrogen (secondary N) is 2. The van der Waals surface area contributed by atoms with Gasteiger partial charge in [-0.15, -0.1) is 0 Å². The summed E-state index contributed by atoms with van der Waals surface area (Å²) in [6.07, 6.45) is 7.03. The molecule has 0 spiro atoms. The number of halogens is 2. The molecule has 1 aliphatic rings. The van der Waals surface area contributed by atoms with Crippen molar-refractivity contribution in [2.75, 3.05) is 18.4 Å². The van der Waals surface area contributed by atoms with Crippen LogP contribution in [0.2, 0.25) is 5.02 Å². The number of pyridine rings is 1. The number of imidazole rings is 1. The molecule has 0 bridgehead atoms. The summed E-state index contributed by atoms with van der Waals surface area (Å²) in [6.45, 7) is 2.55. The lowest BCUT2D eigenvalue weighted by atomic mass is 10.1. The summed E-state index contributed by atoms with van der Waals surface area (Å²) in [5.74, 6) is 0.589. The Hall–Kier alpha value is -2.96. The molecule has 0 aliphatic carbocycles. The lowest BCUT2D eigenvalue weighted by Crippen LogP contribution is -2.31. The highest BCUT2D eigenvalue weighted by molar-refractivity contribution is 6.33. The Morgan fingerprint density at radius 3 is 2.97 bits per heavy atom. The van der Waals surface area contributed by atoms with Crippen LogP contribution < -0.4 is 10.6 Å². The Balaban J connectivity index is 1.45. The number of aromatic nitrogens is 3. The van der Waals surface area contributed by atoms with Crippen molar-refractivity contribution in [2.24, 2.45) is 0 Å². The van der Waals surface area contributed by atoms with E-state index in [2.05, 4.69) is 26.7 Å². The van der Waals surface area contributed by atoms with Crippen molar-refractivity contribution in [1.82, 2.24) is 19.9 Å². The van der Waals surface area contributed by atoms with Gasteiger partial charge in [0.2, 0.25) is 0 Å². The van der Waals surface area contributed by atoms with E-state index in [9.17, 15) is 4.39 Å². The number of benzene rings is 2. The minimum absolute atomic E-state index is 0.236. The molecule has 2 aromatic heterocycles. The molecule has 1 aliphatic heterocycles. The quantitative estimate of drug-likeness (QED) is 0.423. The molecule has 1 fully saturated rings. The first kappa shape index (κ1) is 20.9. The van der Waals surface area contributed by atoms with Crippen molar-refractivity contribution in [3.05, 3.63) is 77.5 Å². The average Bonchev–Trinajstić information content (AvgIpc) is 3.00. The largest absolute Gasteiger partial charge is 0.366 e. The summed E-state index contributed by atoms with van der Waals surface area (Å²) < 4.78 is 15.6. The highest BCUT2D eigenvalue weighted by Crippen LogP contribution is 2.32. The number of rotatable bonds is 5. The molecule has 4 aromatic rings. The van der Waals surface area contributed by atoms with Crippen LogP contribution in [-0.2, 0) is 6.54 Å². The van der Waals surface area contributed by atoms with Gasteiger partial charge in [-0.2, -0.15) is 0 Å². The molecule has 0 saturated carbocycles. The van der Waals surface area contributed by atoms with E-state index >= 15 is 0 Å². The highest BCUT2D eigenvalue weighted by Gasteiger charge is 2.14. The van der Waals surface area contributed by atoms with Gasteiger partial charge in [0.1, 0.15) is 11.6 Å². The van der Waals surface area contributed by atoms with E-state index in [1.165, 1.54) is 18.9 Å². The van der Waals surface area contributed by atoms with Crippen LogP contribution in [0.3, 0.4) is 0 Å². The summed E-state index contributed by atoms with van der Waals surface area (Å²) >= 11 is 6.54. The van der Waals surface area contributed by atoms with Crippen molar-refractivity contribution in [3.8, 4) is 11.1 Å². The zero-order chi connectivity index (χ0) is 21.9. The highest BCUT2D eigenvalue weighted by atomic mass is 35.5. The van der Waals surface area contributed by atoms with Gasteiger partial charge in [0, 0.05) is 30.9 Å². The molecule has 7 heteroatoms. The van der Waals surface area contributed by atoms with Gasteiger partial charge in [-0.05, 0) is 60.8 Å². The van der Waals surface area contributed by atoms with Crippen LogP contribution >= 0.6 is 11.6 Å². The SMILES string of the molecule is Fc1cccc(Cn2cnc3ccc(-c4cc(N[C@@H]5CCCCNC5)ncc4Cl)cc32)c1. The number of anilines is 1. The van der Waals surface area contributed by atoms with Crippen molar-refractivity contribution < 1.29 is 4.39 Å². The maximum absolute atomic E-state index is 13.6. The van der Waals surface area contributed by atoms with Gasteiger partial charge in [-0.25, -0.2) is 14.4 Å². The average molecular weight is 450 g/mol. The van der Waals surface area contributed by atoms with Crippen molar-refractivity contribution in [1.29, 1.82) is 0 Å². The van der Waals surface area contributed by atoms with Gasteiger partial charge in [0.25, 0.3) is 0 Å². The van der Waals surface area contributed by atoms with Crippen molar-refractivity contribution in [2.45, 2.75) is 31.8 Å². The van der Waals surface area contributed by atoms with Crippen LogP contribution in [0.1, 0.15) is 24.8 Å². The van der Waals surface area contributed by atoms with Crippen LogP contribution in [0.4, 0.5) is 10.2 Å². The number of nitrogens with zero attached hydrogens (tertiary/aromatic N) is 3. The van der Waals surface area contributed by atoms with Gasteiger partial charge in [-0.1, -0.05) is 36.2 Å². The van der Waals surface area contributed by atoms with E-state index in [1.54, 1.807) is 24.7 Å². The normalized spacial score (nSPS) is 16.8. The third-order valence-corrected chi connectivity index (χ3v) is 6.23. The number of fused-ring (bicyclic) bond motifs is 1. The van der Waals surface area contributed by atoms with Gasteiger partial charge in [0.05, 0.1) is 22.4 Å². The summed E-state index contributed by atoms with van der Waals surface area (Å²) in [7, 11) is 0. The van der Waals surface area contributed by atoms with E-state index < -0.39 is 0 Å². The molecule has 0 unspecified atom stereocenters. The maximum atomic E-state index is 13.6. The Morgan fingerprint density at radius 2 is 2.06 bits per heavy atom. The smallest absolute Gasteiger partial charge is 0.126 e. The summed E-state index contributed by atoms with van der Waals surface area (Å²) in [5.41, 5.74) is 4.67. The molecule has 32 heavy (non-hydrogen) atoms. The fourth-order valence-corrected chi connectivity index (χ4v) is 4.49. The zero-order valence-corrected chi connectivity index (χ0v) is 18.4. The van der Waals surface area contributed by atoms with Crippen LogP contribution in [0.15, 0.2) is 61.1 Å². The molecule has 5 rings (SSSR count). The van der Waals surface area contributed by atoms with Gasteiger partial charge in [0.15, 0.2) is 0 Å². The molecule has 1 saturated heterocycles. The molecule has 0 radical (unpaired) electrons. The minimum atomic E-state index is -0.236. The van der Waals surface area contributed by atoms with Gasteiger partial charge >= 0.3 is 0 Å². The first-order valence-corrected chi connectivity index (χ1v) is 11.4. The Labute approximate surface area is 191 Å². The molecule has 2 N–H and O–H groups in total. The Bertz CT molecular complexity index is 1230. The predicted molar refractivity (Wildman–Crippen MR) is 128 cm³/mol. The molecule has 1 atom stereocenters. The third-order valence-electron chi connectivity index (χ3n) is 5.93. The summed E-state index contributed by atoms with van der Waals surface area (Å²) in [5, 5.41) is 7.63. The molecule has 164 valence electrons. The second-order valence-corrected chi connectivity index (χ2v) is 8.70. The lowest BCUT2D eigenvalue weighted by Gasteiger charge is -2.18. The van der Waals surface area contributed by atoms with E-state index in [1.807, 2.05) is 28.8 Å². The van der Waals surface area contributed by atoms with Crippen LogP contribution in [0.5, 0.6) is 0 Å². The van der Waals surface area contributed by atoms with Crippen molar-refractivity contribution in [3.63, 3.8) is 0 Å². The molecular weight excluding hydrogens is 425 g/mol. The first-order chi connectivity index (χ1) is 15.7. The standard InChI is InChI=1S/C25H25ClFN5/c26-22-14-29-25(31-20-6-1-2-9-28-13-20)12-21(22)18-7-8-23-24(11-18)32(16-30-23)15-17-4-3-5-19(27)10-17/h3-5,7-8,10-12,14,16,20,28H,1-2,6,9,13,15H2,(H,29,31)/t20-/m1/s1. The van der Waals surface area contributed by atoms with Crippen LogP contribution in [0.25, 0.3) is 22.2 Å². The van der Waals surface area contributed by atoms with Crippen molar-refractivity contribution >= 4 is 28.5 Å². The van der Waals surface area contributed by atoms with Gasteiger partial charge < -0.3 is 15.2 Å². The van der Waals surface area contributed by atoms with Gasteiger partial charge in [-0.3, -0.25) is 0 Å². The fraction of sp³-hybridized carbons (Fsp3) is 0.280. The second-order valence-electron chi connectivity index (χ2n) is 8.30. The Kier molecular flexibility index (Phi) is 6.06. The van der Waals surface area contributed by atoms with E-state index in [0.29, 0.717) is 17.6 Å². The first-order valence-electron chi connectivity index (χ1n) is 11.0. The molecule has 2 aromatic carbocycles.